The second kappa shape index (κ2) is 2.99. The first-order chi connectivity index (χ1) is 7.23. The highest BCUT2D eigenvalue weighted by molar-refractivity contribution is 5.65. The standard InChI is InChI=1S/C13H18N2/c1-10-4-3-5-11-12(10)13(9-15(11)2)6-7-14-8-13/h3-5,14H,6-9H2,1-2H3. The SMILES string of the molecule is Cc1cccc2c1C1(CCNC1)CN2C. The molecule has 0 bridgehead atoms. The molecule has 1 saturated heterocycles. The number of nitrogens with one attached hydrogen (secondary N) is 1. The van der Waals surface area contributed by atoms with Gasteiger partial charge in [0, 0.05) is 31.2 Å². The second-order valence-corrected chi connectivity index (χ2v) is 5.03. The lowest BCUT2D eigenvalue weighted by Crippen LogP contribution is -2.34. The minimum Gasteiger partial charge on any atom is -0.373 e. The van der Waals surface area contributed by atoms with E-state index >= 15 is 0 Å². The number of aryl methyl sites for hydroxylation is 1. The van der Waals surface area contributed by atoms with Crippen molar-refractivity contribution in [2.45, 2.75) is 18.8 Å². The minimum absolute atomic E-state index is 0.398. The molecule has 1 aromatic rings. The van der Waals surface area contributed by atoms with Crippen LogP contribution < -0.4 is 10.2 Å². The van der Waals surface area contributed by atoms with E-state index in [1.807, 2.05) is 0 Å². The van der Waals surface area contributed by atoms with Crippen LogP contribution in [-0.2, 0) is 5.41 Å². The molecular weight excluding hydrogens is 184 g/mol. The Hall–Kier alpha value is -1.02. The van der Waals surface area contributed by atoms with Gasteiger partial charge in [0.05, 0.1) is 0 Å². The van der Waals surface area contributed by atoms with E-state index in [1.165, 1.54) is 30.8 Å². The van der Waals surface area contributed by atoms with Gasteiger partial charge in [-0.3, -0.25) is 0 Å². The Bertz CT molecular complexity index is 392. The summed E-state index contributed by atoms with van der Waals surface area (Å²) in [7, 11) is 2.21. The van der Waals surface area contributed by atoms with Gasteiger partial charge in [-0.2, -0.15) is 0 Å². The van der Waals surface area contributed by atoms with Gasteiger partial charge in [0.2, 0.25) is 0 Å². The van der Waals surface area contributed by atoms with Gasteiger partial charge in [-0.05, 0) is 37.1 Å². The second-order valence-electron chi connectivity index (χ2n) is 5.03. The molecular formula is C13H18N2. The lowest BCUT2D eigenvalue weighted by molar-refractivity contribution is 0.502. The van der Waals surface area contributed by atoms with E-state index in [0.29, 0.717) is 5.41 Å². The predicted octanol–water partition coefficient (Wildman–Crippen LogP) is 1.68. The Kier molecular flexibility index (Phi) is 1.84. The summed E-state index contributed by atoms with van der Waals surface area (Å²) in [5.41, 5.74) is 4.90. The molecule has 0 saturated carbocycles. The van der Waals surface area contributed by atoms with Gasteiger partial charge < -0.3 is 10.2 Å². The van der Waals surface area contributed by atoms with Crippen LogP contribution >= 0.6 is 0 Å². The molecule has 0 aliphatic carbocycles. The maximum Gasteiger partial charge on any atom is 0.0406 e. The number of nitrogens with zero attached hydrogens (tertiary/aromatic N) is 1. The fourth-order valence-electron chi connectivity index (χ4n) is 3.37. The average molecular weight is 202 g/mol. The zero-order valence-corrected chi connectivity index (χ0v) is 9.51. The molecule has 2 aliphatic heterocycles. The maximum absolute atomic E-state index is 3.52. The topological polar surface area (TPSA) is 15.3 Å². The van der Waals surface area contributed by atoms with Crippen molar-refractivity contribution >= 4 is 5.69 Å². The van der Waals surface area contributed by atoms with Gasteiger partial charge >= 0.3 is 0 Å². The highest BCUT2D eigenvalue weighted by Gasteiger charge is 2.44. The summed E-state index contributed by atoms with van der Waals surface area (Å²) < 4.78 is 0. The van der Waals surface area contributed by atoms with Crippen LogP contribution in [0, 0.1) is 6.92 Å². The van der Waals surface area contributed by atoms with Crippen molar-refractivity contribution < 1.29 is 0 Å². The Morgan fingerprint density at radius 1 is 1.40 bits per heavy atom. The summed E-state index contributed by atoms with van der Waals surface area (Å²) in [6.07, 6.45) is 1.29. The van der Waals surface area contributed by atoms with Crippen molar-refractivity contribution in [3.8, 4) is 0 Å². The normalized spacial score (nSPS) is 28.8. The van der Waals surface area contributed by atoms with Crippen LogP contribution in [0.4, 0.5) is 5.69 Å². The van der Waals surface area contributed by atoms with Gasteiger partial charge in [0.25, 0.3) is 0 Å². The number of hydrogen-bond acceptors (Lipinski definition) is 2. The molecule has 80 valence electrons. The van der Waals surface area contributed by atoms with Crippen LogP contribution in [0.2, 0.25) is 0 Å². The molecule has 0 amide bonds. The van der Waals surface area contributed by atoms with Gasteiger partial charge in [0.1, 0.15) is 0 Å². The first-order valence-corrected chi connectivity index (χ1v) is 5.75. The molecule has 1 atom stereocenters. The number of anilines is 1. The molecule has 15 heavy (non-hydrogen) atoms. The van der Waals surface area contributed by atoms with E-state index in [-0.39, 0.29) is 0 Å². The van der Waals surface area contributed by atoms with Crippen LogP contribution in [0.25, 0.3) is 0 Å². The quantitative estimate of drug-likeness (QED) is 0.688. The molecule has 2 nitrogen and oxygen atoms in total. The molecule has 2 heteroatoms. The Morgan fingerprint density at radius 2 is 2.27 bits per heavy atom. The lowest BCUT2D eigenvalue weighted by atomic mass is 9.79. The molecule has 3 rings (SSSR count). The van der Waals surface area contributed by atoms with Crippen molar-refractivity contribution in [3.63, 3.8) is 0 Å². The highest BCUT2D eigenvalue weighted by Crippen LogP contribution is 2.45. The van der Waals surface area contributed by atoms with Gasteiger partial charge in [0.15, 0.2) is 0 Å². The highest BCUT2D eigenvalue weighted by atomic mass is 15.2. The van der Waals surface area contributed by atoms with Gasteiger partial charge in [-0.1, -0.05) is 12.1 Å². The largest absolute Gasteiger partial charge is 0.373 e. The number of rotatable bonds is 0. The van der Waals surface area contributed by atoms with Gasteiger partial charge in [-0.25, -0.2) is 0 Å². The van der Waals surface area contributed by atoms with Crippen molar-refractivity contribution in [1.29, 1.82) is 0 Å². The lowest BCUT2D eigenvalue weighted by Gasteiger charge is -2.24. The van der Waals surface area contributed by atoms with Crippen LogP contribution in [0.5, 0.6) is 0 Å². The Labute approximate surface area is 91.3 Å². The van der Waals surface area contributed by atoms with E-state index < -0.39 is 0 Å². The van der Waals surface area contributed by atoms with Crippen LogP contribution in [0.15, 0.2) is 18.2 Å². The molecule has 1 unspecified atom stereocenters. The fraction of sp³-hybridized carbons (Fsp3) is 0.538. The number of hydrogen-bond donors (Lipinski definition) is 1. The maximum atomic E-state index is 3.52. The summed E-state index contributed by atoms with van der Waals surface area (Å²) in [5, 5.41) is 3.52. The zero-order chi connectivity index (χ0) is 10.5. The molecule has 0 radical (unpaired) electrons. The van der Waals surface area contributed by atoms with Crippen LogP contribution in [0.3, 0.4) is 0 Å². The van der Waals surface area contributed by atoms with E-state index in [0.717, 1.165) is 6.54 Å². The third kappa shape index (κ3) is 1.14. The van der Waals surface area contributed by atoms with Crippen molar-refractivity contribution in [2.24, 2.45) is 0 Å². The number of likely N-dealkylation sites (N-methyl/N-ethyl adjacent to an activating group) is 1. The van der Waals surface area contributed by atoms with Crippen molar-refractivity contribution in [2.75, 3.05) is 31.6 Å². The number of benzene rings is 1. The first kappa shape index (κ1) is 9.22. The van der Waals surface area contributed by atoms with E-state index in [4.69, 9.17) is 0 Å². The summed E-state index contributed by atoms with van der Waals surface area (Å²) in [4.78, 5) is 2.41. The zero-order valence-electron chi connectivity index (χ0n) is 9.51. The monoisotopic (exact) mass is 202 g/mol. The third-order valence-corrected chi connectivity index (χ3v) is 3.98. The smallest absolute Gasteiger partial charge is 0.0406 e. The molecule has 1 spiro atoms. The molecule has 1 fully saturated rings. The van der Waals surface area contributed by atoms with E-state index in [9.17, 15) is 0 Å². The van der Waals surface area contributed by atoms with E-state index in [1.54, 1.807) is 5.56 Å². The molecule has 2 aliphatic rings. The summed E-state index contributed by atoms with van der Waals surface area (Å²) >= 11 is 0. The third-order valence-electron chi connectivity index (χ3n) is 3.98. The number of fused-ring (bicyclic) bond motifs is 2. The molecule has 1 N–H and O–H groups in total. The molecule has 0 aromatic heterocycles. The van der Waals surface area contributed by atoms with Gasteiger partial charge in [-0.15, -0.1) is 0 Å². The average Bonchev–Trinajstić information content (AvgIpc) is 2.76. The summed E-state index contributed by atoms with van der Waals surface area (Å²) in [6, 6.07) is 6.68. The molecule has 2 heterocycles. The first-order valence-electron chi connectivity index (χ1n) is 5.75. The fourth-order valence-corrected chi connectivity index (χ4v) is 3.37. The van der Waals surface area contributed by atoms with E-state index in [2.05, 4.69) is 42.4 Å². The molecule has 1 aromatic carbocycles. The Balaban J connectivity index is 2.19. The minimum atomic E-state index is 0.398. The summed E-state index contributed by atoms with van der Waals surface area (Å²) in [6.45, 7) is 5.75. The van der Waals surface area contributed by atoms with Crippen LogP contribution in [-0.4, -0.2) is 26.7 Å². The van der Waals surface area contributed by atoms with Crippen molar-refractivity contribution in [1.82, 2.24) is 5.32 Å². The van der Waals surface area contributed by atoms with Crippen LogP contribution in [0.1, 0.15) is 17.5 Å². The van der Waals surface area contributed by atoms with Crippen molar-refractivity contribution in [3.05, 3.63) is 29.3 Å². The Morgan fingerprint density at radius 3 is 3.00 bits per heavy atom. The summed E-state index contributed by atoms with van der Waals surface area (Å²) in [5.74, 6) is 0. The predicted molar refractivity (Wildman–Crippen MR) is 63.6 cm³/mol.